The SMILES string of the molecule is CCNCC1CCOC1c1ccccc1CC. The van der Waals surface area contributed by atoms with Gasteiger partial charge in [0.2, 0.25) is 0 Å². The predicted molar refractivity (Wildman–Crippen MR) is 71.2 cm³/mol. The second-order valence-electron chi connectivity index (χ2n) is 4.70. The molecule has 0 aliphatic carbocycles. The molecular formula is C15H23NO. The predicted octanol–water partition coefficient (Wildman–Crippen LogP) is 2.94. The van der Waals surface area contributed by atoms with Crippen molar-refractivity contribution in [1.82, 2.24) is 5.32 Å². The van der Waals surface area contributed by atoms with E-state index >= 15 is 0 Å². The molecule has 1 fully saturated rings. The number of nitrogens with one attached hydrogen (secondary N) is 1. The fourth-order valence-corrected chi connectivity index (χ4v) is 2.65. The summed E-state index contributed by atoms with van der Waals surface area (Å²) < 4.78 is 5.95. The number of aryl methyl sites for hydroxylation is 1. The van der Waals surface area contributed by atoms with Crippen molar-refractivity contribution in [2.75, 3.05) is 19.7 Å². The van der Waals surface area contributed by atoms with E-state index in [-0.39, 0.29) is 0 Å². The number of hydrogen-bond acceptors (Lipinski definition) is 2. The molecule has 2 rings (SSSR count). The summed E-state index contributed by atoms with van der Waals surface area (Å²) in [5.74, 6) is 0.627. The summed E-state index contributed by atoms with van der Waals surface area (Å²) in [6.07, 6.45) is 2.56. The molecular weight excluding hydrogens is 210 g/mol. The Labute approximate surface area is 104 Å². The standard InChI is InChI=1S/C15H23NO/c1-3-12-7-5-6-8-14(12)15-13(9-10-17-15)11-16-4-2/h5-8,13,15-16H,3-4,9-11H2,1-2H3. The van der Waals surface area contributed by atoms with Gasteiger partial charge in [-0.15, -0.1) is 0 Å². The third-order valence-corrected chi connectivity index (χ3v) is 3.61. The van der Waals surface area contributed by atoms with Gasteiger partial charge in [-0.1, -0.05) is 38.1 Å². The van der Waals surface area contributed by atoms with Gasteiger partial charge in [-0.3, -0.25) is 0 Å². The lowest BCUT2D eigenvalue weighted by Gasteiger charge is -2.21. The van der Waals surface area contributed by atoms with Crippen molar-refractivity contribution in [1.29, 1.82) is 0 Å². The molecule has 2 unspecified atom stereocenters. The minimum atomic E-state index is 0.296. The quantitative estimate of drug-likeness (QED) is 0.844. The molecule has 0 saturated carbocycles. The second-order valence-corrected chi connectivity index (χ2v) is 4.70. The molecule has 1 heterocycles. The molecule has 1 aliphatic heterocycles. The Morgan fingerprint density at radius 1 is 1.29 bits per heavy atom. The zero-order valence-corrected chi connectivity index (χ0v) is 10.9. The van der Waals surface area contributed by atoms with E-state index in [1.807, 2.05) is 0 Å². The van der Waals surface area contributed by atoms with Crippen LogP contribution in [-0.2, 0) is 11.2 Å². The summed E-state index contributed by atoms with van der Waals surface area (Å²) in [5, 5.41) is 3.45. The molecule has 0 amide bonds. The fourth-order valence-electron chi connectivity index (χ4n) is 2.65. The first kappa shape index (κ1) is 12.6. The van der Waals surface area contributed by atoms with Crippen LogP contribution in [-0.4, -0.2) is 19.7 Å². The monoisotopic (exact) mass is 233 g/mol. The van der Waals surface area contributed by atoms with Gasteiger partial charge in [-0.05, 0) is 30.5 Å². The lowest BCUT2D eigenvalue weighted by molar-refractivity contribution is 0.0900. The third kappa shape index (κ3) is 2.88. The number of ether oxygens (including phenoxy) is 1. The van der Waals surface area contributed by atoms with Gasteiger partial charge in [-0.25, -0.2) is 0 Å². The Balaban J connectivity index is 2.14. The maximum atomic E-state index is 5.95. The van der Waals surface area contributed by atoms with Crippen molar-refractivity contribution in [2.24, 2.45) is 5.92 Å². The average Bonchev–Trinajstić information content (AvgIpc) is 2.84. The maximum absolute atomic E-state index is 5.95. The Kier molecular flexibility index (Phi) is 4.57. The summed E-state index contributed by atoms with van der Waals surface area (Å²) in [6.45, 7) is 7.38. The molecule has 1 aromatic rings. The van der Waals surface area contributed by atoms with E-state index in [2.05, 4.69) is 43.4 Å². The van der Waals surface area contributed by atoms with Crippen molar-refractivity contribution < 1.29 is 4.74 Å². The Morgan fingerprint density at radius 3 is 2.88 bits per heavy atom. The van der Waals surface area contributed by atoms with Crippen molar-refractivity contribution in [2.45, 2.75) is 32.8 Å². The van der Waals surface area contributed by atoms with Gasteiger partial charge in [0.25, 0.3) is 0 Å². The molecule has 2 atom stereocenters. The largest absolute Gasteiger partial charge is 0.373 e. The normalized spacial score (nSPS) is 24.1. The summed E-state index contributed by atoms with van der Waals surface area (Å²) in [6, 6.07) is 8.70. The van der Waals surface area contributed by atoms with E-state index in [1.165, 1.54) is 17.5 Å². The van der Waals surface area contributed by atoms with Gasteiger partial charge < -0.3 is 10.1 Å². The van der Waals surface area contributed by atoms with Gasteiger partial charge in [0.05, 0.1) is 6.10 Å². The smallest absolute Gasteiger partial charge is 0.0868 e. The highest BCUT2D eigenvalue weighted by Crippen LogP contribution is 2.35. The van der Waals surface area contributed by atoms with Crippen molar-refractivity contribution in [3.63, 3.8) is 0 Å². The molecule has 1 aromatic carbocycles. The first-order chi connectivity index (χ1) is 8.36. The topological polar surface area (TPSA) is 21.3 Å². The molecule has 0 radical (unpaired) electrons. The summed E-state index contributed by atoms with van der Waals surface area (Å²) in [4.78, 5) is 0. The van der Waals surface area contributed by atoms with Gasteiger partial charge in [-0.2, -0.15) is 0 Å². The van der Waals surface area contributed by atoms with Crippen molar-refractivity contribution in [3.8, 4) is 0 Å². The Hall–Kier alpha value is -0.860. The van der Waals surface area contributed by atoms with Crippen LogP contribution in [0.4, 0.5) is 0 Å². The first-order valence-electron chi connectivity index (χ1n) is 6.77. The maximum Gasteiger partial charge on any atom is 0.0868 e. The van der Waals surface area contributed by atoms with Crippen LogP contribution in [0.2, 0.25) is 0 Å². The van der Waals surface area contributed by atoms with Gasteiger partial charge in [0, 0.05) is 19.1 Å². The minimum absolute atomic E-state index is 0.296. The van der Waals surface area contributed by atoms with E-state index in [0.717, 1.165) is 26.1 Å². The van der Waals surface area contributed by atoms with E-state index in [9.17, 15) is 0 Å². The second kappa shape index (κ2) is 6.18. The van der Waals surface area contributed by atoms with Crippen LogP contribution in [0.1, 0.15) is 37.5 Å². The Morgan fingerprint density at radius 2 is 2.12 bits per heavy atom. The van der Waals surface area contributed by atoms with E-state index < -0.39 is 0 Å². The molecule has 1 N–H and O–H groups in total. The summed E-state index contributed by atoms with van der Waals surface area (Å²) in [5.41, 5.74) is 2.83. The van der Waals surface area contributed by atoms with Gasteiger partial charge in [0.1, 0.15) is 0 Å². The molecule has 94 valence electrons. The highest BCUT2D eigenvalue weighted by atomic mass is 16.5. The molecule has 0 spiro atoms. The van der Waals surface area contributed by atoms with Crippen molar-refractivity contribution in [3.05, 3.63) is 35.4 Å². The zero-order valence-electron chi connectivity index (χ0n) is 10.9. The highest BCUT2D eigenvalue weighted by molar-refractivity contribution is 5.30. The van der Waals surface area contributed by atoms with Gasteiger partial charge in [0.15, 0.2) is 0 Å². The lowest BCUT2D eigenvalue weighted by Crippen LogP contribution is -2.25. The summed E-state index contributed by atoms with van der Waals surface area (Å²) >= 11 is 0. The average molecular weight is 233 g/mol. The zero-order chi connectivity index (χ0) is 12.1. The summed E-state index contributed by atoms with van der Waals surface area (Å²) in [7, 11) is 0. The molecule has 1 saturated heterocycles. The van der Waals surface area contributed by atoms with Crippen LogP contribution >= 0.6 is 0 Å². The lowest BCUT2D eigenvalue weighted by atomic mass is 9.91. The Bertz CT molecular complexity index is 351. The van der Waals surface area contributed by atoms with Crippen LogP contribution in [0.5, 0.6) is 0 Å². The van der Waals surface area contributed by atoms with E-state index in [0.29, 0.717) is 12.0 Å². The molecule has 2 heteroatoms. The van der Waals surface area contributed by atoms with Crippen LogP contribution in [0.25, 0.3) is 0 Å². The highest BCUT2D eigenvalue weighted by Gasteiger charge is 2.30. The fraction of sp³-hybridized carbons (Fsp3) is 0.600. The molecule has 0 bridgehead atoms. The molecule has 2 nitrogen and oxygen atoms in total. The van der Waals surface area contributed by atoms with Gasteiger partial charge >= 0.3 is 0 Å². The van der Waals surface area contributed by atoms with Crippen LogP contribution in [0.15, 0.2) is 24.3 Å². The van der Waals surface area contributed by atoms with E-state index in [4.69, 9.17) is 4.74 Å². The van der Waals surface area contributed by atoms with Crippen LogP contribution in [0.3, 0.4) is 0 Å². The number of rotatable bonds is 5. The van der Waals surface area contributed by atoms with Crippen molar-refractivity contribution >= 4 is 0 Å². The first-order valence-corrected chi connectivity index (χ1v) is 6.77. The third-order valence-electron chi connectivity index (χ3n) is 3.61. The van der Waals surface area contributed by atoms with Crippen LogP contribution < -0.4 is 5.32 Å². The molecule has 17 heavy (non-hydrogen) atoms. The molecule has 1 aliphatic rings. The number of benzene rings is 1. The minimum Gasteiger partial charge on any atom is -0.373 e. The van der Waals surface area contributed by atoms with E-state index in [1.54, 1.807) is 0 Å². The molecule has 0 aromatic heterocycles. The van der Waals surface area contributed by atoms with Crippen LogP contribution in [0, 0.1) is 5.92 Å². The number of hydrogen-bond donors (Lipinski definition) is 1.